The van der Waals surface area contributed by atoms with E-state index in [1.54, 1.807) is 48.7 Å². The number of benzene rings is 1. The van der Waals surface area contributed by atoms with Crippen LogP contribution in [0.5, 0.6) is 0 Å². The SMILES string of the molecule is N#C/C(=C\c1ccc(-c2cc(Cl)cc(Cl)c2)o1)c1nc(-c2ccco2)cs1. The number of aromatic nitrogens is 1. The van der Waals surface area contributed by atoms with Gasteiger partial charge in [-0.3, -0.25) is 0 Å². The summed E-state index contributed by atoms with van der Waals surface area (Å²) < 4.78 is 11.2. The molecular formula is C20H10Cl2N2O2S. The normalized spacial score (nSPS) is 11.5. The van der Waals surface area contributed by atoms with Gasteiger partial charge in [-0.05, 0) is 42.5 Å². The maximum atomic E-state index is 9.53. The van der Waals surface area contributed by atoms with Crippen LogP contribution >= 0.6 is 34.5 Å². The summed E-state index contributed by atoms with van der Waals surface area (Å²) in [5.74, 6) is 1.80. The van der Waals surface area contributed by atoms with Crippen molar-refractivity contribution in [1.29, 1.82) is 5.26 Å². The minimum Gasteiger partial charge on any atom is -0.463 e. The molecule has 0 aliphatic rings. The van der Waals surface area contributed by atoms with E-state index in [0.29, 0.717) is 43.6 Å². The first-order valence-electron chi connectivity index (χ1n) is 7.80. The average molecular weight is 413 g/mol. The van der Waals surface area contributed by atoms with E-state index in [1.807, 2.05) is 11.4 Å². The second-order valence-electron chi connectivity index (χ2n) is 5.55. The number of hydrogen-bond donors (Lipinski definition) is 0. The highest BCUT2D eigenvalue weighted by atomic mass is 35.5. The van der Waals surface area contributed by atoms with E-state index < -0.39 is 0 Å². The standard InChI is InChI=1S/C20H10Cl2N2O2S/c21-14-6-12(7-15(22)9-14)18-4-3-16(26-18)8-13(10-23)20-24-17(11-27-20)19-2-1-5-25-19/h1-9,11H/b13-8+. The molecule has 0 N–H and O–H groups in total. The fraction of sp³-hybridized carbons (Fsp3) is 0. The number of nitrogens with zero attached hydrogens (tertiary/aromatic N) is 2. The van der Waals surface area contributed by atoms with Crippen molar-refractivity contribution >= 4 is 46.2 Å². The zero-order chi connectivity index (χ0) is 18.8. The first-order chi connectivity index (χ1) is 13.1. The Bertz CT molecular complexity index is 1150. The summed E-state index contributed by atoms with van der Waals surface area (Å²) in [6.07, 6.45) is 3.24. The van der Waals surface area contributed by atoms with Crippen LogP contribution in [0, 0.1) is 11.3 Å². The molecule has 0 radical (unpaired) electrons. The molecule has 3 aromatic heterocycles. The topological polar surface area (TPSA) is 63.0 Å². The van der Waals surface area contributed by atoms with Gasteiger partial charge in [-0.15, -0.1) is 11.3 Å². The lowest BCUT2D eigenvalue weighted by Gasteiger charge is -1.99. The summed E-state index contributed by atoms with van der Waals surface area (Å²) in [6.45, 7) is 0. The van der Waals surface area contributed by atoms with E-state index in [9.17, 15) is 5.26 Å². The molecule has 0 unspecified atom stereocenters. The van der Waals surface area contributed by atoms with E-state index in [4.69, 9.17) is 32.0 Å². The summed E-state index contributed by atoms with van der Waals surface area (Å²) in [5.41, 5.74) is 1.86. The number of nitriles is 1. The number of furan rings is 2. The van der Waals surface area contributed by atoms with Crippen molar-refractivity contribution in [2.24, 2.45) is 0 Å². The maximum Gasteiger partial charge on any atom is 0.153 e. The minimum absolute atomic E-state index is 0.405. The third-order valence-electron chi connectivity index (χ3n) is 3.69. The second-order valence-corrected chi connectivity index (χ2v) is 7.28. The smallest absolute Gasteiger partial charge is 0.153 e. The highest BCUT2D eigenvalue weighted by molar-refractivity contribution is 7.11. The van der Waals surface area contributed by atoms with Gasteiger partial charge in [0.1, 0.15) is 28.3 Å². The zero-order valence-corrected chi connectivity index (χ0v) is 16.0. The zero-order valence-electron chi connectivity index (χ0n) is 13.6. The lowest BCUT2D eigenvalue weighted by Crippen LogP contribution is -1.81. The van der Waals surface area contributed by atoms with Crippen molar-refractivity contribution in [1.82, 2.24) is 4.98 Å². The van der Waals surface area contributed by atoms with Crippen molar-refractivity contribution in [3.05, 3.63) is 74.9 Å². The van der Waals surface area contributed by atoms with Crippen LogP contribution in [0.25, 0.3) is 34.4 Å². The number of allylic oxidation sites excluding steroid dienone is 1. The van der Waals surface area contributed by atoms with Crippen LogP contribution in [0.1, 0.15) is 10.8 Å². The fourth-order valence-corrected chi connectivity index (χ4v) is 3.80. The van der Waals surface area contributed by atoms with Gasteiger partial charge in [-0.25, -0.2) is 4.98 Å². The summed E-state index contributed by atoms with van der Waals surface area (Å²) in [7, 11) is 0. The Morgan fingerprint density at radius 1 is 1.11 bits per heavy atom. The van der Waals surface area contributed by atoms with Gasteiger partial charge in [-0.2, -0.15) is 5.26 Å². The van der Waals surface area contributed by atoms with E-state index >= 15 is 0 Å². The number of thiazole rings is 1. The number of rotatable bonds is 4. The van der Waals surface area contributed by atoms with Crippen LogP contribution in [0.3, 0.4) is 0 Å². The predicted molar refractivity (Wildman–Crippen MR) is 107 cm³/mol. The van der Waals surface area contributed by atoms with Crippen LogP contribution in [0.2, 0.25) is 10.0 Å². The Balaban J connectivity index is 1.64. The Morgan fingerprint density at radius 3 is 2.63 bits per heavy atom. The third-order valence-corrected chi connectivity index (χ3v) is 5.00. The van der Waals surface area contributed by atoms with Crippen molar-refractivity contribution < 1.29 is 8.83 Å². The first-order valence-corrected chi connectivity index (χ1v) is 9.44. The van der Waals surface area contributed by atoms with Gasteiger partial charge in [0.25, 0.3) is 0 Å². The molecule has 0 amide bonds. The quantitative estimate of drug-likeness (QED) is 0.337. The van der Waals surface area contributed by atoms with Crippen LogP contribution < -0.4 is 0 Å². The fourth-order valence-electron chi connectivity index (χ4n) is 2.50. The molecule has 132 valence electrons. The lowest BCUT2D eigenvalue weighted by molar-refractivity contribution is 0.572. The highest BCUT2D eigenvalue weighted by Crippen LogP contribution is 2.31. The van der Waals surface area contributed by atoms with Crippen LogP contribution in [0.4, 0.5) is 0 Å². The molecule has 0 spiro atoms. The summed E-state index contributed by atoms with van der Waals surface area (Å²) in [5, 5.41) is 13.0. The molecule has 0 atom stereocenters. The molecule has 7 heteroatoms. The van der Waals surface area contributed by atoms with E-state index in [1.165, 1.54) is 11.3 Å². The van der Waals surface area contributed by atoms with Crippen molar-refractivity contribution in [2.75, 3.05) is 0 Å². The van der Waals surface area contributed by atoms with Gasteiger partial charge in [0, 0.05) is 27.1 Å². The van der Waals surface area contributed by atoms with Gasteiger partial charge in [0.2, 0.25) is 0 Å². The molecule has 0 saturated carbocycles. The molecule has 3 heterocycles. The van der Waals surface area contributed by atoms with Gasteiger partial charge in [0.05, 0.1) is 11.8 Å². The van der Waals surface area contributed by atoms with Gasteiger partial charge < -0.3 is 8.83 Å². The molecule has 27 heavy (non-hydrogen) atoms. The van der Waals surface area contributed by atoms with E-state index in [0.717, 1.165) is 5.56 Å². The molecule has 4 rings (SSSR count). The third kappa shape index (κ3) is 3.83. The monoisotopic (exact) mass is 412 g/mol. The van der Waals surface area contributed by atoms with Crippen LogP contribution in [-0.2, 0) is 0 Å². The average Bonchev–Trinajstić information content (AvgIpc) is 3.39. The van der Waals surface area contributed by atoms with Gasteiger partial charge >= 0.3 is 0 Å². The Kier molecular flexibility index (Phi) is 4.87. The van der Waals surface area contributed by atoms with Gasteiger partial charge in [-0.1, -0.05) is 23.2 Å². The second kappa shape index (κ2) is 7.45. The Labute approximate surface area is 168 Å². The van der Waals surface area contributed by atoms with Gasteiger partial charge in [0.15, 0.2) is 5.76 Å². The Hall–Kier alpha value is -2.78. The lowest BCUT2D eigenvalue weighted by atomic mass is 10.2. The van der Waals surface area contributed by atoms with Crippen molar-refractivity contribution in [3.8, 4) is 28.8 Å². The minimum atomic E-state index is 0.405. The first kappa shape index (κ1) is 17.6. The number of hydrogen-bond acceptors (Lipinski definition) is 5. The molecule has 0 aliphatic carbocycles. The molecule has 4 nitrogen and oxygen atoms in total. The Morgan fingerprint density at radius 2 is 1.93 bits per heavy atom. The summed E-state index contributed by atoms with van der Waals surface area (Å²) in [4.78, 5) is 4.47. The van der Waals surface area contributed by atoms with E-state index in [2.05, 4.69) is 11.1 Å². The molecule has 0 aliphatic heterocycles. The largest absolute Gasteiger partial charge is 0.463 e. The van der Waals surface area contributed by atoms with Crippen molar-refractivity contribution in [2.45, 2.75) is 0 Å². The predicted octanol–water partition coefficient (Wildman–Crippen LogP) is 7.03. The summed E-state index contributed by atoms with van der Waals surface area (Å²) in [6, 6.07) is 14.6. The molecular weight excluding hydrogens is 403 g/mol. The van der Waals surface area contributed by atoms with E-state index in [-0.39, 0.29) is 0 Å². The van der Waals surface area contributed by atoms with Crippen LogP contribution in [0.15, 0.2) is 62.9 Å². The molecule has 0 saturated heterocycles. The van der Waals surface area contributed by atoms with Crippen molar-refractivity contribution in [3.63, 3.8) is 0 Å². The maximum absolute atomic E-state index is 9.53. The molecule has 4 aromatic rings. The summed E-state index contributed by atoms with van der Waals surface area (Å²) >= 11 is 13.5. The highest BCUT2D eigenvalue weighted by Gasteiger charge is 2.12. The van der Waals surface area contributed by atoms with Crippen LogP contribution in [-0.4, -0.2) is 4.98 Å². The molecule has 0 fully saturated rings. The number of halogens is 2. The molecule has 0 bridgehead atoms. The molecule has 1 aromatic carbocycles.